The summed E-state index contributed by atoms with van der Waals surface area (Å²) in [7, 11) is 0. The Morgan fingerprint density at radius 2 is 2.05 bits per heavy atom. The van der Waals surface area contributed by atoms with Gasteiger partial charge in [-0.3, -0.25) is 0 Å². The van der Waals surface area contributed by atoms with E-state index < -0.39 is 29.1 Å². The maximum Gasteiger partial charge on any atom is 0.421 e. The third kappa shape index (κ3) is 2.25. The highest BCUT2D eigenvalue weighted by Crippen LogP contribution is 2.32. The number of hydrogen-bond acceptors (Lipinski definition) is 3. The average Bonchev–Trinajstić information content (AvgIpc) is 2.69. The van der Waals surface area contributed by atoms with Crippen LogP contribution in [0.25, 0.3) is 5.65 Å². The van der Waals surface area contributed by atoms with Crippen molar-refractivity contribution >= 4 is 11.6 Å². The summed E-state index contributed by atoms with van der Waals surface area (Å²) in [5, 5.41) is 12.6. The van der Waals surface area contributed by atoms with Crippen LogP contribution in [0.2, 0.25) is 0 Å². The van der Waals surface area contributed by atoms with Crippen molar-refractivity contribution in [2.75, 3.05) is 0 Å². The first-order chi connectivity index (χ1) is 8.71. The lowest BCUT2D eigenvalue weighted by Crippen LogP contribution is -2.11. The highest BCUT2D eigenvalue weighted by Gasteiger charge is 2.36. The van der Waals surface area contributed by atoms with Crippen LogP contribution in [-0.4, -0.2) is 25.7 Å². The van der Waals surface area contributed by atoms with Gasteiger partial charge in [-0.25, -0.2) is 14.3 Å². The molecule has 0 atom stereocenters. The summed E-state index contributed by atoms with van der Waals surface area (Å²) in [4.78, 5) is 14.5. The molecule has 0 saturated carbocycles. The van der Waals surface area contributed by atoms with Gasteiger partial charge in [-0.2, -0.15) is 18.3 Å². The number of rotatable bonds is 2. The number of nitrogens with zero attached hydrogens (tertiary/aromatic N) is 3. The van der Waals surface area contributed by atoms with E-state index in [2.05, 4.69) is 10.1 Å². The Hall–Kier alpha value is -2.12. The Morgan fingerprint density at radius 1 is 1.42 bits per heavy atom. The molecule has 0 bridgehead atoms. The van der Waals surface area contributed by atoms with Crippen molar-refractivity contribution in [1.82, 2.24) is 14.6 Å². The van der Waals surface area contributed by atoms with E-state index in [4.69, 9.17) is 5.11 Å². The highest BCUT2D eigenvalue weighted by atomic mass is 19.4. The van der Waals surface area contributed by atoms with Crippen LogP contribution in [0, 0.1) is 0 Å². The zero-order valence-corrected chi connectivity index (χ0v) is 10.1. The van der Waals surface area contributed by atoms with E-state index in [0.29, 0.717) is 11.9 Å². The lowest BCUT2D eigenvalue weighted by molar-refractivity contribution is -0.136. The number of aromatic nitrogens is 3. The maximum atomic E-state index is 12.8. The molecule has 0 amide bonds. The monoisotopic (exact) mass is 273 g/mol. The van der Waals surface area contributed by atoms with Crippen LogP contribution in [0.3, 0.4) is 0 Å². The van der Waals surface area contributed by atoms with Crippen molar-refractivity contribution < 1.29 is 23.1 Å². The van der Waals surface area contributed by atoms with Gasteiger partial charge < -0.3 is 5.11 Å². The van der Waals surface area contributed by atoms with E-state index in [1.54, 1.807) is 13.8 Å². The molecular weight excluding hydrogens is 263 g/mol. The third-order valence-corrected chi connectivity index (χ3v) is 2.62. The smallest absolute Gasteiger partial charge is 0.421 e. The van der Waals surface area contributed by atoms with Gasteiger partial charge in [-0.05, 0) is 12.0 Å². The van der Waals surface area contributed by atoms with E-state index in [1.165, 1.54) is 6.07 Å². The first-order valence-corrected chi connectivity index (χ1v) is 5.41. The summed E-state index contributed by atoms with van der Waals surface area (Å²) in [5.74, 6) is -1.57. The first kappa shape index (κ1) is 13.3. The summed E-state index contributed by atoms with van der Waals surface area (Å²) in [6.45, 7) is 3.46. The molecule has 2 aromatic rings. The second-order valence-corrected chi connectivity index (χ2v) is 4.32. The molecule has 0 aliphatic heterocycles. The van der Waals surface area contributed by atoms with Crippen molar-refractivity contribution in [2.45, 2.75) is 25.9 Å². The zero-order valence-electron chi connectivity index (χ0n) is 10.1. The molecule has 0 aromatic carbocycles. The predicted molar refractivity (Wildman–Crippen MR) is 59.0 cm³/mol. The molecule has 102 valence electrons. The minimum absolute atomic E-state index is 0.190. The van der Waals surface area contributed by atoms with E-state index in [-0.39, 0.29) is 5.92 Å². The summed E-state index contributed by atoms with van der Waals surface area (Å²) in [6.07, 6.45) is -3.97. The van der Waals surface area contributed by atoms with Gasteiger partial charge in [0.05, 0.1) is 6.20 Å². The Labute approximate surface area is 105 Å². The Morgan fingerprint density at radius 3 is 2.53 bits per heavy atom. The zero-order chi connectivity index (χ0) is 14.4. The molecule has 2 rings (SSSR count). The van der Waals surface area contributed by atoms with Gasteiger partial charge in [0.2, 0.25) is 0 Å². The second kappa shape index (κ2) is 4.22. The molecule has 0 saturated heterocycles. The number of fused-ring (bicyclic) bond motifs is 1. The first-order valence-electron chi connectivity index (χ1n) is 5.41. The number of alkyl halides is 3. The van der Waals surface area contributed by atoms with E-state index >= 15 is 0 Å². The van der Waals surface area contributed by atoms with E-state index in [0.717, 1.165) is 4.52 Å². The lowest BCUT2D eigenvalue weighted by Gasteiger charge is -2.10. The molecule has 0 fully saturated rings. The number of carbonyl (C=O) groups is 1. The number of hydrogen-bond donors (Lipinski definition) is 1. The van der Waals surface area contributed by atoms with Gasteiger partial charge in [0.25, 0.3) is 0 Å². The van der Waals surface area contributed by atoms with Crippen LogP contribution in [-0.2, 0) is 6.18 Å². The fraction of sp³-hybridized carbons (Fsp3) is 0.364. The van der Waals surface area contributed by atoms with Gasteiger partial charge in [-0.15, -0.1) is 0 Å². The molecular formula is C11H10F3N3O2. The van der Waals surface area contributed by atoms with Crippen molar-refractivity contribution in [3.05, 3.63) is 29.2 Å². The third-order valence-electron chi connectivity index (χ3n) is 2.62. The molecule has 8 heteroatoms. The van der Waals surface area contributed by atoms with Crippen molar-refractivity contribution in [1.29, 1.82) is 0 Å². The Kier molecular flexibility index (Phi) is 2.95. The van der Waals surface area contributed by atoms with Crippen molar-refractivity contribution in [3.8, 4) is 0 Å². The average molecular weight is 273 g/mol. The Bertz CT molecular complexity index is 646. The van der Waals surface area contributed by atoms with E-state index in [9.17, 15) is 18.0 Å². The summed E-state index contributed by atoms with van der Waals surface area (Å²) < 4.78 is 39.4. The summed E-state index contributed by atoms with van der Waals surface area (Å²) in [6, 6.07) is 1.23. The maximum absolute atomic E-state index is 12.8. The normalized spacial score (nSPS) is 12.3. The van der Waals surface area contributed by atoms with Gasteiger partial charge in [0, 0.05) is 5.69 Å². The fourth-order valence-electron chi connectivity index (χ4n) is 1.71. The molecule has 0 unspecified atom stereocenters. The van der Waals surface area contributed by atoms with Gasteiger partial charge in [0.15, 0.2) is 11.3 Å². The fourth-order valence-corrected chi connectivity index (χ4v) is 1.71. The van der Waals surface area contributed by atoms with Crippen LogP contribution in [0.15, 0.2) is 12.3 Å². The predicted octanol–water partition coefficient (Wildman–Crippen LogP) is 2.57. The minimum Gasteiger partial charge on any atom is -0.477 e. The van der Waals surface area contributed by atoms with Crippen LogP contribution in [0.4, 0.5) is 13.2 Å². The molecule has 0 radical (unpaired) electrons. The van der Waals surface area contributed by atoms with Crippen LogP contribution in [0.1, 0.15) is 41.5 Å². The molecule has 2 aromatic heterocycles. The van der Waals surface area contributed by atoms with Gasteiger partial charge >= 0.3 is 12.1 Å². The topological polar surface area (TPSA) is 67.5 Å². The number of carboxylic acid groups (broad SMARTS) is 1. The van der Waals surface area contributed by atoms with Gasteiger partial charge in [-0.1, -0.05) is 13.8 Å². The minimum atomic E-state index is -4.62. The largest absolute Gasteiger partial charge is 0.477 e. The van der Waals surface area contributed by atoms with Gasteiger partial charge in [0.1, 0.15) is 5.56 Å². The SMILES string of the molecule is CC(C)c1cc(C(=O)O)nc2c(C(F)(F)F)cnn12. The van der Waals surface area contributed by atoms with Crippen LogP contribution >= 0.6 is 0 Å². The number of carboxylic acids is 1. The molecule has 1 N–H and O–H groups in total. The molecule has 0 aliphatic rings. The molecule has 2 heterocycles. The highest BCUT2D eigenvalue weighted by molar-refractivity contribution is 5.86. The Balaban J connectivity index is 2.83. The summed E-state index contributed by atoms with van der Waals surface area (Å²) in [5.41, 5.74) is -1.60. The molecule has 0 aliphatic carbocycles. The van der Waals surface area contributed by atoms with Crippen molar-refractivity contribution in [3.63, 3.8) is 0 Å². The van der Waals surface area contributed by atoms with Crippen molar-refractivity contribution in [2.24, 2.45) is 0 Å². The molecule has 19 heavy (non-hydrogen) atoms. The quantitative estimate of drug-likeness (QED) is 0.913. The standard InChI is InChI=1S/C11H10F3N3O2/c1-5(2)8-3-7(10(18)19)16-9-6(11(12,13)14)4-15-17(8)9/h3-5H,1-2H3,(H,18,19). The molecule has 5 nitrogen and oxygen atoms in total. The number of aromatic carboxylic acids is 1. The van der Waals surface area contributed by atoms with Crippen LogP contribution in [0.5, 0.6) is 0 Å². The number of halogens is 3. The summed E-state index contributed by atoms with van der Waals surface area (Å²) >= 11 is 0. The second-order valence-electron chi connectivity index (χ2n) is 4.32. The van der Waals surface area contributed by atoms with E-state index in [1.807, 2.05) is 0 Å². The molecule has 0 spiro atoms. The van der Waals surface area contributed by atoms with Crippen LogP contribution < -0.4 is 0 Å². The lowest BCUT2D eigenvalue weighted by atomic mass is 10.1.